The minimum Gasteiger partial charge on any atom is -0.387 e. The Labute approximate surface area is 136 Å². The first-order chi connectivity index (χ1) is 11.6. The molecular formula is C17H14FN3O3. The smallest absolute Gasteiger partial charge is 0.251 e. The molecule has 0 radical (unpaired) electrons. The van der Waals surface area contributed by atoms with Gasteiger partial charge >= 0.3 is 0 Å². The highest BCUT2D eigenvalue weighted by molar-refractivity contribution is 5.94. The van der Waals surface area contributed by atoms with E-state index in [0.29, 0.717) is 17.0 Å². The van der Waals surface area contributed by atoms with Crippen molar-refractivity contribution < 1.29 is 18.8 Å². The van der Waals surface area contributed by atoms with Crippen molar-refractivity contribution in [2.45, 2.75) is 6.10 Å². The molecule has 0 spiro atoms. The van der Waals surface area contributed by atoms with Crippen molar-refractivity contribution in [1.82, 2.24) is 15.5 Å². The van der Waals surface area contributed by atoms with Crippen molar-refractivity contribution in [2.75, 3.05) is 6.54 Å². The van der Waals surface area contributed by atoms with Crippen molar-refractivity contribution >= 4 is 5.91 Å². The fraction of sp³-hybridized carbons (Fsp3) is 0.118. The van der Waals surface area contributed by atoms with Crippen molar-refractivity contribution in [3.8, 4) is 11.4 Å². The highest BCUT2D eigenvalue weighted by atomic mass is 19.1. The van der Waals surface area contributed by atoms with E-state index in [1.807, 2.05) is 0 Å². The van der Waals surface area contributed by atoms with E-state index >= 15 is 0 Å². The third-order valence-electron chi connectivity index (χ3n) is 3.48. The lowest BCUT2D eigenvalue weighted by Crippen LogP contribution is -2.28. The average Bonchev–Trinajstić information content (AvgIpc) is 3.15. The Bertz CT molecular complexity index is 802. The van der Waals surface area contributed by atoms with Gasteiger partial charge in [0.15, 0.2) is 0 Å². The second kappa shape index (κ2) is 7.01. The van der Waals surface area contributed by atoms with Gasteiger partial charge < -0.3 is 14.9 Å². The van der Waals surface area contributed by atoms with Gasteiger partial charge in [-0.05, 0) is 29.8 Å². The van der Waals surface area contributed by atoms with Crippen LogP contribution in [0.2, 0.25) is 0 Å². The summed E-state index contributed by atoms with van der Waals surface area (Å²) >= 11 is 0. The third kappa shape index (κ3) is 3.64. The van der Waals surface area contributed by atoms with E-state index in [1.54, 1.807) is 24.3 Å². The highest BCUT2D eigenvalue weighted by Crippen LogP contribution is 2.16. The maximum absolute atomic E-state index is 12.9. The largest absolute Gasteiger partial charge is 0.387 e. The number of hydrogen-bond acceptors (Lipinski definition) is 5. The number of aliphatic hydroxyl groups excluding tert-OH is 1. The Hall–Kier alpha value is -3.06. The van der Waals surface area contributed by atoms with Crippen molar-refractivity contribution in [3.05, 3.63) is 71.9 Å². The number of halogens is 1. The first kappa shape index (κ1) is 15.8. The zero-order valence-electron chi connectivity index (χ0n) is 12.5. The van der Waals surface area contributed by atoms with Gasteiger partial charge in [-0.25, -0.2) is 4.39 Å². The standard InChI is InChI=1S/C17H14FN3O3/c18-14-7-5-11(6-8-14)15(22)9-19-17(23)13-3-1-12(2-4-13)16-20-10-24-21-16/h1-8,10,15,22H,9H2,(H,19,23). The summed E-state index contributed by atoms with van der Waals surface area (Å²) in [7, 11) is 0. The van der Waals surface area contributed by atoms with Crippen molar-refractivity contribution in [3.63, 3.8) is 0 Å². The molecule has 0 bridgehead atoms. The van der Waals surface area contributed by atoms with Gasteiger partial charge in [-0.15, -0.1) is 0 Å². The molecule has 7 heteroatoms. The predicted octanol–water partition coefficient (Wildman–Crippen LogP) is 2.34. The van der Waals surface area contributed by atoms with Crippen LogP contribution in [0.15, 0.2) is 59.4 Å². The second-order valence-corrected chi connectivity index (χ2v) is 5.11. The molecule has 0 saturated carbocycles. The summed E-state index contributed by atoms with van der Waals surface area (Å²) in [6.07, 6.45) is 0.320. The van der Waals surface area contributed by atoms with E-state index in [1.165, 1.54) is 30.7 Å². The van der Waals surface area contributed by atoms with Crippen LogP contribution in [0.3, 0.4) is 0 Å². The van der Waals surface area contributed by atoms with Crippen LogP contribution in [0.5, 0.6) is 0 Å². The summed E-state index contributed by atoms with van der Waals surface area (Å²) < 4.78 is 17.5. The Morgan fingerprint density at radius 2 is 1.88 bits per heavy atom. The first-order valence-electron chi connectivity index (χ1n) is 7.22. The summed E-state index contributed by atoms with van der Waals surface area (Å²) in [4.78, 5) is 16.0. The number of carbonyl (C=O) groups excluding carboxylic acids is 1. The summed E-state index contributed by atoms with van der Waals surface area (Å²) in [5, 5.41) is 16.4. The van der Waals surface area contributed by atoms with Gasteiger partial charge in [-0.3, -0.25) is 4.79 Å². The number of rotatable bonds is 5. The minimum atomic E-state index is -0.909. The van der Waals surface area contributed by atoms with E-state index in [9.17, 15) is 14.3 Å². The summed E-state index contributed by atoms with van der Waals surface area (Å²) in [6.45, 7) is 0.0249. The fourth-order valence-corrected chi connectivity index (χ4v) is 2.16. The minimum absolute atomic E-state index is 0.0249. The zero-order chi connectivity index (χ0) is 16.9. The molecule has 6 nitrogen and oxygen atoms in total. The van der Waals surface area contributed by atoms with E-state index in [-0.39, 0.29) is 18.3 Å². The normalized spacial score (nSPS) is 11.9. The lowest BCUT2D eigenvalue weighted by molar-refractivity contribution is 0.0916. The molecule has 0 aliphatic carbocycles. The number of aliphatic hydroxyl groups is 1. The van der Waals surface area contributed by atoms with Gasteiger partial charge in [0, 0.05) is 17.7 Å². The van der Waals surface area contributed by atoms with Crippen LogP contribution in [0.4, 0.5) is 4.39 Å². The van der Waals surface area contributed by atoms with Crippen molar-refractivity contribution in [2.24, 2.45) is 0 Å². The average molecular weight is 327 g/mol. The van der Waals surface area contributed by atoms with Crippen LogP contribution in [-0.4, -0.2) is 27.7 Å². The molecule has 0 fully saturated rings. The molecule has 122 valence electrons. The lowest BCUT2D eigenvalue weighted by Gasteiger charge is -2.12. The zero-order valence-corrected chi connectivity index (χ0v) is 12.5. The number of hydrogen-bond donors (Lipinski definition) is 2. The molecule has 0 aliphatic heterocycles. The highest BCUT2D eigenvalue weighted by Gasteiger charge is 2.12. The molecule has 1 amide bonds. The lowest BCUT2D eigenvalue weighted by atomic mass is 10.1. The molecule has 1 atom stereocenters. The van der Waals surface area contributed by atoms with Gasteiger partial charge in [0.1, 0.15) is 5.82 Å². The molecular weight excluding hydrogens is 313 g/mol. The molecule has 0 saturated heterocycles. The molecule has 24 heavy (non-hydrogen) atoms. The van der Waals surface area contributed by atoms with Crippen LogP contribution < -0.4 is 5.32 Å². The number of carbonyl (C=O) groups is 1. The molecule has 1 aromatic heterocycles. The van der Waals surface area contributed by atoms with E-state index < -0.39 is 6.10 Å². The van der Waals surface area contributed by atoms with Gasteiger partial charge in [0.2, 0.25) is 12.2 Å². The van der Waals surface area contributed by atoms with Gasteiger partial charge in [0.05, 0.1) is 6.10 Å². The van der Waals surface area contributed by atoms with E-state index in [2.05, 4.69) is 20.0 Å². The van der Waals surface area contributed by atoms with Gasteiger partial charge in [-0.2, -0.15) is 4.98 Å². The maximum atomic E-state index is 12.9. The van der Waals surface area contributed by atoms with Crippen LogP contribution in [0.25, 0.3) is 11.4 Å². The fourth-order valence-electron chi connectivity index (χ4n) is 2.16. The quantitative estimate of drug-likeness (QED) is 0.751. The Kier molecular flexibility index (Phi) is 4.62. The molecule has 0 aliphatic rings. The van der Waals surface area contributed by atoms with E-state index in [0.717, 1.165) is 5.56 Å². The summed E-state index contributed by atoms with van der Waals surface area (Å²) in [5.74, 6) is -0.263. The molecule has 3 rings (SSSR count). The van der Waals surface area contributed by atoms with Crippen LogP contribution in [0, 0.1) is 5.82 Å². The molecule has 2 N–H and O–H groups in total. The Morgan fingerprint density at radius 1 is 1.17 bits per heavy atom. The number of nitrogens with one attached hydrogen (secondary N) is 1. The SMILES string of the molecule is O=C(NCC(O)c1ccc(F)cc1)c1ccc(-c2ncon2)cc1. The molecule has 1 unspecified atom stereocenters. The first-order valence-corrected chi connectivity index (χ1v) is 7.22. The summed E-state index contributed by atoms with van der Waals surface area (Å²) in [6, 6.07) is 12.1. The number of nitrogens with zero attached hydrogens (tertiary/aromatic N) is 2. The van der Waals surface area contributed by atoms with Gasteiger partial charge in [0.25, 0.3) is 5.91 Å². The Morgan fingerprint density at radius 3 is 2.50 bits per heavy atom. The Balaban J connectivity index is 1.59. The number of benzene rings is 2. The van der Waals surface area contributed by atoms with Crippen LogP contribution in [0.1, 0.15) is 22.0 Å². The predicted molar refractivity (Wildman–Crippen MR) is 83.4 cm³/mol. The topological polar surface area (TPSA) is 88.2 Å². The molecule has 2 aromatic carbocycles. The second-order valence-electron chi connectivity index (χ2n) is 5.11. The van der Waals surface area contributed by atoms with Crippen LogP contribution >= 0.6 is 0 Å². The number of aromatic nitrogens is 2. The molecule has 3 aromatic rings. The summed E-state index contributed by atoms with van der Waals surface area (Å²) in [5.41, 5.74) is 1.70. The van der Waals surface area contributed by atoms with Crippen molar-refractivity contribution in [1.29, 1.82) is 0 Å². The number of amides is 1. The maximum Gasteiger partial charge on any atom is 0.251 e. The third-order valence-corrected chi connectivity index (χ3v) is 3.48. The van der Waals surface area contributed by atoms with E-state index in [4.69, 9.17) is 0 Å². The van der Waals surface area contributed by atoms with Crippen LogP contribution in [-0.2, 0) is 0 Å². The monoisotopic (exact) mass is 327 g/mol. The van der Waals surface area contributed by atoms with Gasteiger partial charge in [-0.1, -0.05) is 29.4 Å². The molecule has 1 heterocycles.